The van der Waals surface area contributed by atoms with Crippen molar-refractivity contribution in [1.29, 1.82) is 0 Å². The quantitative estimate of drug-likeness (QED) is 0.397. The molecular weight excluding hydrogens is 304 g/mol. The molecule has 0 atom stereocenters. The van der Waals surface area contributed by atoms with Crippen molar-refractivity contribution in [1.82, 2.24) is 0 Å². The van der Waals surface area contributed by atoms with Gasteiger partial charge in [-0.1, -0.05) is 67.6 Å². The van der Waals surface area contributed by atoms with Crippen LogP contribution in [0.3, 0.4) is 0 Å². The molecule has 0 aliphatic rings. The molecule has 124 valence electrons. The smallest absolute Gasteiger partial charge is 0.135 e. The van der Waals surface area contributed by atoms with E-state index in [4.69, 9.17) is 4.42 Å². The lowest BCUT2D eigenvalue weighted by atomic mass is 9.91. The van der Waals surface area contributed by atoms with Crippen LogP contribution in [0.25, 0.3) is 33.2 Å². The Morgan fingerprint density at radius 1 is 0.800 bits per heavy atom. The van der Waals surface area contributed by atoms with Gasteiger partial charge in [-0.25, -0.2) is 0 Å². The van der Waals surface area contributed by atoms with Gasteiger partial charge in [-0.2, -0.15) is 0 Å². The molecule has 0 saturated carbocycles. The van der Waals surface area contributed by atoms with Crippen LogP contribution in [0.5, 0.6) is 0 Å². The van der Waals surface area contributed by atoms with E-state index in [1.165, 1.54) is 38.8 Å². The Morgan fingerprint density at radius 3 is 2.20 bits per heavy atom. The summed E-state index contributed by atoms with van der Waals surface area (Å²) in [6.07, 6.45) is 0.998. The summed E-state index contributed by atoms with van der Waals surface area (Å²) in [6.45, 7) is 6.42. The predicted molar refractivity (Wildman–Crippen MR) is 106 cm³/mol. The van der Waals surface area contributed by atoms with Crippen molar-refractivity contribution in [3.8, 4) is 22.3 Å². The van der Waals surface area contributed by atoms with E-state index < -0.39 is 0 Å². The number of fused-ring (bicyclic) bond motifs is 1. The van der Waals surface area contributed by atoms with Crippen molar-refractivity contribution in [2.24, 2.45) is 0 Å². The number of benzene rings is 3. The Morgan fingerprint density at radius 2 is 1.48 bits per heavy atom. The summed E-state index contributed by atoms with van der Waals surface area (Å²) in [7, 11) is 0. The van der Waals surface area contributed by atoms with E-state index >= 15 is 0 Å². The molecule has 0 N–H and O–H groups in total. The third-order valence-electron chi connectivity index (χ3n) is 4.86. The molecule has 0 spiro atoms. The molecule has 1 heteroatoms. The first-order valence-electron chi connectivity index (χ1n) is 8.86. The topological polar surface area (TPSA) is 13.1 Å². The molecular formula is C24H22O. The molecule has 1 nitrogen and oxygen atoms in total. The molecule has 0 fully saturated rings. The zero-order valence-electron chi connectivity index (χ0n) is 15.0. The van der Waals surface area contributed by atoms with E-state index in [2.05, 4.69) is 87.5 Å². The number of hydrogen-bond acceptors (Lipinski definition) is 1. The van der Waals surface area contributed by atoms with Crippen LogP contribution in [0.4, 0.5) is 0 Å². The first-order chi connectivity index (χ1) is 12.2. The van der Waals surface area contributed by atoms with Crippen LogP contribution in [0, 0.1) is 13.8 Å². The van der Waals surface area contributed by atoms with Crippen molar-refractivity contribution < 1.29 is 4.42 Å². The van der Waals surface area contributed by atoms with Gasteiger partial charge >= 0.3 is 0 Å². The average molecular weight is 326 g/mol. The molecule has 1 heterocycles. The Balaban J connectivity index is 2.06. The van der Waals surface area contributed by atoms with E-state index in [0.29, 0.717) is 0 Å². The van der Waals surface area contributed by atoms with Gasteiger partial charge in [0.2, 0.25) is 0 Å². The minimum atomic E-state index is 0.985. The van der Waals surface area contributed by atoms with E-state index in [9.17, 15) is 0 Å². The van der Waals surface area contributed by atoms with Crippen molar-refractivity contribution in [3.05, 3.63) is 83.6 Å². The molecule has 1 aromatic heterocycles. The summed E-state index contributed by atoms with van der Waals surface area (Å²) in [5, 5.41) is 1.26. The summed E-state index contributed by atoms with van der Waals surface area (Å²) in [5.74, 6) is 0.985. The summed E-state index contributed by atoms with van der Waals surface area (Å²) in [6, 6.07) is 23.6. The Hall–Kier alpha value is -2.80. The summed E-state index contributed by atoms with van der Waals surface area (Å²) < 4.78 is 6.17. The fourth-order valence-corrected chi connectivity index (χ4v) is 3.76. The molecule has 3 aromatic carbocycles. The molecule has 0 bridgehead atoms. The molecule has 4 rings (SSSR count). The minimum Gasteiger partial charge on any atom is -0.461 e. The van der Waals surface area contributed by atoms with E-state index in [-0.39, 0.29) is 0 Å². The summed E-state index contributed by atoms with van der Waals surface area (Å²) >= 11 is 0. The van der Waals surface area contributed by atoms with Gasteiger partial charge in [0.15, 0.2) is 0 Å². The maximum Gasteiger partial charge on any atom is 0.135 e. The Kier molecular flexibility index (Phi) is 3.93. The van der Waals surface area contributed by atoms with Gasteiger partial charge in [0, 0.05) is 10.9 Å². The van der Waals surface area contributed by atoms with Gasteiger partial charge in [-0.15, -0.1) is 0 Å². The molecule has 0 saturated heterocycles. The van der Waals surface area contributed by atoms with Crippen LogP contribution in [-0.2, 0) is 6.42 Å². The lowest BCUT2D eigenvalue weighted by Crippen LogP contribution is -1.89. The van der Waals surface area contributed by atoms with Crippen LogP contribution in [0.15, 0.2) is 71.1 Å². The summed E-state index contributed by atoms with van der Waals surface area (Å²) in [5.41, 5.74) is 8.54. The molecule has 4 aromatic rings. The summed E-state index contributed by atoms with van der Waals surface area (Å²) in [4.78, 5) is 0. The van der Waals surface area contributed by atoms with Crippen molar-refractivity contribution in [3.63, 3.8) is 0 Å². The number of furan rings is 1. The highest BCUT2D eigenvalue weighted by Gasteiger charge is 2.19. The fraction of sp³-hybridized carbons (Fsp3) is 0.167. The van der Waals surface area contributed by atoms with Gasteiger partial charge < -0.3 is 4.42 Å². The number of rotatable bonds is 3. The van der Waals surface area contributed by atoms with Crippen LogP contribution in [-0.4, -0.2) is 0 Å². The maximum absolute atomic E-state index is 6.17. The van der Waals surface area contributed by atoms with Gasteiger partial charge in [0.25, 0.3) is 0 Å². The Bertz CT molecular complexity index is 1040. The van der Waals surface area contributed by atoms with Gasteiger partial charge in [-0.3, -0.25) is 0 Å². The van der Waals surface area contributed by atoms with Crippen molar-refractivity contribution in [2.75, 3.05) is 0 Å². The Labute approximate surface area is 148 Å². The first-order valence-corrected chi connectivity index (χ1v) is 8.86. The maximum atomic E-state index is 6.17. The second-order valence-corrected chi connectivity index (χ2v) is 6.60. The lowest BCUT2D eigenvalue weighted by Gasteiger charge is -2.11. The largest absolute Gasteiger partial charge is 0.461 e. The second-order valence-electron chi connectivity index (χ2n) is 6.60. The molecule has 0 aliphatic carbocycles. The first kappa shape index (κ1) is 15.7. The monoisotopic (exact) mass is 326 g/mol. The van der Waals surface area contributed by atoms with Crippen LogP contribution in [0.1, 0.15) is 23.8 Å². The molecule has 25 heavy (non-hydrogen) atoms. The van der Waals surface area contributed by atoms with Gasteiger partial charge in [0.1, 0.15) is 11.3 Å². The zero-order chi connectivity index (χ0) is 17.4. The normalized spacial score (nSPS) is 11.2. The fourth-order valence-electron chi connectivity index (χ4n) is 3.76. The van der Waals surface area contributed by atoms with E-state index in [1.54, 1.807) is 0 Å². The van der Waals surface area contributed by atoms with Crippen molar-refractivity contribution >= 4 is 11.0 Å². The van der Waals surface area contributed by atoms with Crippen LogP contribution < -0.4 is 0 Å². The molecule has 0 amide bonds. The lowest BCUT2D eigenvalue weighted by molar-refractivity contribution is 0.579. The minimum absolute atomic E-state index is 0.985. The van der Waals surface area contributed by atoms with E-state index in [0.717, 1.165) is 17.8 Å². The average Bonchev–Trinajstić information content (AvgIpc) is 2.97. The highest BCUT2D eigenvalue weighted by molar-refractivity contribution is 6.02. The second kappa shape index (κ2) is 6.25. The highest BCUT2D eigenvalue weighted by Crippen LogP contribution is 2.41. The molecule has 0 aliphatic heterocycles. The zero-order valence-corrected chi connectivity index (χ0v) is 15.0. The van der Waals surface area contributed by atoms with Crippen LogP contribution in [0.2, 0.25) is 0 Å². The van der Waals surface area contributed by atoms with E-state index in [1.807, 2.05) is 0 Å². The standard InChI is InChI=1S/C24H22O/c1-4-18-14-16(2)15-22-24(18)23(17(3)25-22)21-13-9-8-12-20(21)19-10-6-5-7-11-19/h5-15H,4H2,1-3H3. The molecule has 0 unspecified atom stereocenters. The predicted octanol–water partition coefficient (Wildman–Crippen LogP) is 6.95. The highest BCUT2D eigenvalue weighted by atomic mass is 16.3. The third-order valence-corrected chi connectivity index (χ3v) is 4.86. The third kappa shape index (κ3) is 2.66. The van der Waals surface area contributed by atoms with Gasteiger partial charge in [-0.05, 0) is 54.2 Å². The van der Waals surface area contributed by atoms with Crippen LogP contribution >= 0.6 is 0 Å². The number of aryl methyl sites for hydroxylation is 3. The SMILES string of the molecule is CCc1cc(C)cc2oc(C)c(-c3ccccc3-c3ccccc3)c12. The van der Waals surface area contributed by atoms with Crippen molar-refractivity contribution in [2.45, 2.75) is 27.2 Å². The number of hydrogen-bond donors (Lipinski definition) is 0. The molecule has 0 radical (unpaired) electrons. The van der Waals surface area contributed by atoms with Gasteiger partial charge in [0.05, 0.1) is 0 Å².